The molecular weight excluding hydrogens is 214 g/mol. The first-order valence-corrected chi connectivity index (χ1v) is 5.88. The zero-order valence-electron chi connectivity index (χ0n) is 10.7. The van der Waals surface area contributed by atoms with Crippen LogP contribution >= 0.6 is 0 Å². The topological polar surface area (TPSA) is 67.2 Å². The number of nitrogen functional groups attached to an aromatic ring is 1. The van der Waals surface area contributed by atoms with Crippen molar-refractivity contribution >= 4 is 11.6 Å². The monoisotopic (exact) mass is 235 g/mol. The van der Waals surface area contributed by atoms with E-state index in [1.165, 1.54) is 0 Å². The van der Waals surface area contributed by atoms with Crippen LogP contribution in [0.25, 0.3) is 0 Å². The van der Waals surface area contributed by atoms with Crippen molar-refractivity contribution in [3.8, 4) is 0 Å². The van der Waals surface area contributed by atoms with Gasteiger partial charge in [0.05, 0.1) is 6.04 Å². The molecular formula is C13H21N3O. The Kier molecular flexibility index (Phi) is 4.97. The number of para-hydroxylation sites is 1. The quantitative estimate of drug-likeness (QED) is 0.673. The van der Waals surface area contributed by atoms with E-state index in [9.17, 15) is 4.79 Å². The lowest BCUT2D eigenvalue weighted by atomic mass is 10.1. The molecule has 1 atom stereocenters. The Hall–Kier alpha value is -1.55. The van der Waals surface area contributed by atoms with E-state index in [2.05, 4.69) is 10.6 Å². The second kappa shape index (κ2) is 6.25. The zero-order valence-corrected chi connectivity index (χ0v) is 10.7. The summed E-state index contributed by atoms with van der Waals surface area (Å²) in [7, 11) is 0. The van der Waals surface area contributed by atoms with Gasteiger partial charge in [-0.1, -0.05) is 18.2 Å². The van der Waals surface area contributed by atoms with Crippen LogP contribution < -0.4 is 16.4 Å². The minimum Gasteiger partial charge on any atom is -0.398 e. The van der Waals surface area contributed by atoms with Gasteiger partial charge in [-0.05, 0) is 32.4 Å². The van der Waals surface area contributed by atoms with E-state index in [-0.39, 0.29) is 18.0 Å². The van der Waals surface area contributed by atoms with Crippen molar-refractivity contribution < 1.29 is 4.79 Å². The maximum Gasteiger partial charge on any atom is 0.237 e. The Labute approximate surface area is 103 Å². The Morgan fingerprint density at radius 3 is 2.53 bits per heavy atom. The van der Waals surface area contributed by atoms with Gasteiger partial charge in [0.15, 0.2) is 0 Å². The first-order valence-electron chi connectivity index (χ1n) is 5.88. The summed E-state index contributed by atoms with van der Waals surface area (Å²) in [5.41, 5.74) is 7.58. The van der Waals surface area contributed by atoms with Gasteiger partial charge in [0.2, 0.25) is 5.91 Å². The first kappa shape index (κ1) is 13.5. The molecule has 0 aliphatic carbocycles. The fourth-order valence-electron chi connectivity index (χ4n) is 1.46. The third kappa shape index (κ3) is 4.44. The Morgan fingerprint density at radius 1 is 1.29 bits per heavy atom. The Morgan fingerprint density at radius 2 is 1.94 bits per heavy atom. The SMILES string of the molecule is CC(C)NC(=O)C(C)NCc1ccccc1N. The summed E-state index contributed by atoms with van der Waals surface area (Å²) in [6, 6.07) is 7.58. The van der Waals surface area contributed by atoms with Gasteiger partial charge in [0.1, 0.15) is 0 Å². The summed E-state index contributed by atoms with van der Waals surface area (Å²) < 4.78 is 0. The minimum absolute atomic E-state index is 0.00880. The number of rotatable bonds is 5. The maximum atomic E-state index is 11.7. The highest BCUT2D eigenvalue weighted by Crippen LogP contribution is 2.09. The molecule has 0 fully saturated rings. The van der Waals surface area contributed by atoms with Crippen molar-refractivity contribution in [2.24, 2.45) is 0 Å². The highest BCUT2D eigenvalue weighted by Gasteiger charge is 2.12. The van der Waals surface area contributed by atoms with Gasteiger partial charge >= 0.3 is 0 Å². The molecule has 17 heavy (non-hydrogen) atoms. The normalized spacial score (nSPS) is 12.5. The molecule has 1 aromatic carbocycles. The molecule has 94 valence electrons. The summed E-state index contributed by atoms with van der Waals surface area (Å²) in [5, 5.41) is 6.01. The van der Waals surface area contributed by atoms with Gasteiger partial charge < -0.3 is 16.4 Å². The Balaban J connectivity index is 2.46. The summed E-state index contributed by atoms with van der Waals surface area (Å²) in [6.45, 7) is 6.33. The van der Waals surface area contributed by atoms with Crippen LogP contribution in [-0.4, -0.2) is 18.0 Å². The van der Waals surface area contributed by atoms with Crippen LogP contribution in [0, 0.1) is 0 Å². The molecule has 0 aliphatic heterocycles. The molecule has 0 aliphatic rings. The van der Waals surface area contributed by atoms with Crippen molar-refractivity contribution in [2.45, 2.75) is 39.4 Å². The molecule has 0 bridgehead atoms. The van der Waals surface area contributed by atoms with Gasteiger partial charge in [-0.15, -0.1) is 0 Å². The van der Waals surface area contributed by atoms with Crippen LogP contribution in [0.2, 0.25) is 0 Å². The standard InChI is InChI=1S/C13H21N3O/c1-9(2)16-13(17)10(3)15-8-11-6-4-5-7-12(11)14/h4-7,9-10,15H,8,14H2,1-3H3,(H,16,17). The summed E-state index contributed by atoms with van der Waals surface area (Å²) in [4.78, 5) is 11.7. The molecule has 4 N–H and O–H groups in total. The number of anilines is 1. The predicted molar refractivity (Wildman–Crippen MR) is 70.4 cm³/mol. The molecule has 0 saturated heterocycles. The van der Waals surface area contributed by atoms with Crippen LogP contribution in [-0.2, 0) is 11.3 Å². The van der Waals surface area contributed by atoms with Crippen LogP contribution in [0.4, 0.5) is 5.69 Å². The van der Waals surface area contributed by atoms with Crippen LogP contribution in [0.15, 0.2) is 24.3 Å². The van der Waals surface area contributed by atoms with Gasteiger partial charge in [0, 0.05) is 18.3 Å². The van der Waals surface area contributed by atoms with Crippen molar-refractivity contribution in [1.29, 1.82) is 0 Å². The number of hydrogen-bond acceptors (Lipinski definition) is 3. The van der Waals surface area contributed by atoms with E-state index in [0.717, 1.165) is 11.3 Å². The van der Waals surface area contributed by atoms with E-state index in [1.54, 1.807) is 0 Å². The zero-order chi connectivity index (χ0) is 12.8. The van der Waals surface area contributed by atoms with Crippen LogP contribution in [0.1, 0.15) is 26.3 Å². The number of hydrogen-bond donors (Lipinski definition) is 3. The second-order valence-electron chi connectivity index (χ2n) is 4.46. The molecule has 0 spiro atoms. The van der Waals surface area contributed by atoms with Crippen molar-refractivity contribution in [3.63, 3.8) is 0 Å². The van der Waals surface area contributed by atoms with Crippen molar-refractivity contribution in [3.05, 3.63) is 29.8 Å². The molecule has 0 heterocycles. The van der Waals surface area contributed by atoms with E-state index < -0.39 is 0 Å². The van der Waals surface area contributed by atoms with Crippen molar-refractivity contribution in [1.82, 2.24) is 10.6 Å². The number of nitrogens with two attached hydrogens (primary N) is 1. The number of amides is 1. The molecule has 0 aromatic heterocycles. The molecule has 0 saturated carbocycles. The predicted octanol–water partition coefficient (Wildman–Crippen LogP) is 1.27. The van der Waals surface area contributed by atoms with E-state index in [4.69, 9.17) is 5.73 Å². The Bertz CT molecular complexity index is 377. The average Bonchev–Trinajstić information content (AvgIpc) is 2.26. The maximum absolute atomic E-state index is 11.7. The summed E-state index contributed by atoms with van der Waals surface area (Å²) in [6.07, 6.45) is 0. The molecule has 1 aromatic rings. The third-order valence-corrected chi connectivity index (χ3v) is 2.48. The number of nitrogens with one attached hydrogen (secondary N) is 2. The number of carbonyl (C=O) groups excluding carboxylic acids is 1. The van der Waals surface area contributed by atoms with Gasteiger partial charge in [-0.2, -0.15) is 0 Å². The minimum atomic E-state index is -0.225. The number of benzene rings is 1. The summed E-state index contributed by atoms with van der Waals surface area (Å²) >= 11 is 0. The lowest BCUT2D eigenvalue weighted by Gasteiger charge is -2.16. The van der Waals surface area contributed by atoms with Crippen LogP contribution in [0.3, 0.4) is 0 Å². The summed E-state index contributed by atoms with van der Waals surface area (Å²) in [5.74, 6) is 0.00880. The molecule has 4 nitrogen and oxygen atoms in total. The molecule has 4 heteroatoms. The molecule has 0 radical (unpaired) electrons. The fourth-order valence-corrected chi connectivity index (χ4v) is 1.46. The average molecular weight is 235 g/mol. The largest absolute Gasteiger partial charge is 0.398 e. The lowest BCUT2D eigenvalue weighted by Crippen LogP contribution is -2.44. The van der Waals surface area contributed by atoms with Gasteiger partial charge in [-0.3, -0.25) is 4.79 Å². The third-order valence-electron chi connectivity index (χ3n) is 2.48. The highest BCUT2D eigenvalue weighted by atomic mass is 16.2. The van der Waals surface area contributed by atoms with Gasteiger partial charge in [-0.25, -0.2) is 0 Å². The molecule has 1 rings (SSSR count). The first-order chi connectivity index (χ1) is 8.00. The van der Waals surface area contributed by atoms with Crippen LogP contribution in [0.5, 0.6) is 0 Å². The second-order valence-corrected chi connectivity index (χ2v) is 4.46. The fraction of sp³-hybridized carbons (Fsp3) is 0.462. The van der Waals surface area contributed by atoms with Gasteiger partial charge in [0.25, 0.3) is 0 Å². The molecule has 1 amide bonds. The number of carbonyl (C=O) groups is 1. The van der Waals surface area contributed by atoms with E-state index in [0.29, 0.717) is 6.54 Å². The van der Waals surface area contributed by atoms with E-state index >= 15 is 0 Å². The molecule has 1 unspecified atom stereocenters. The van der Waals surface area contributed by atoms with E-state index in [1.807, 2.05) is 45.0 Å². The highest BCUT2D eigenvalue weighted by molar-refractivity contribution is 5.81. The smallest absolute Gasteiger partial charge is 0.237 e. The van der Waals surface area contributed by atoms with Crippen molar-refractivity contribution in [2.75, 3.05) is 5.73 Å². The lowest BCUT2D eigenvalue weighted by molar-refractivity contribution is -0.123.